The summed E-state index contributed by atoms with van der Waals surface area (Å²) in [7, 11) is 0. The van der Waals surface area contributed by atoms with Gasteiger partial charge in [-0.1, -0.05) is 36.9 Å². The minimum Gasteiger partial charge on any atom is -0.360 e. The minimum atomic E-state index is -0.282. The molecule has 7 heteroatoms. The third-order valence-corrected chi connectivity index (χ3v) is 6.87. The Morgan fingerprint density at radius 3 is 2.79 bits per heavy atom. The summed E-state index contributed by atoms with van der Waals surface area (Å²) in [5, 5.41) is 3.51. The van der Waals surface area contributed by atoms with Gasteiger partial charge < -0.3 is 10.3 Å². The van der Waals surface area contributed by atoms with Crippen LogP contribution in [0.15, 0.2) is 78.5 Å². The van der Waals surface area contributed by atoms with Crippen LogP contribution in [-0.2, 0) is 6.42 Å². The van der Waals surface area contributed by atoms with Crippen molar-refractivity contribution >= 4 is 34.0 Å². The average Bonchev–Trinajstić information content (AvgIpc) is 3.32. The lowest BCUT2D eigenvalue weighted by atomic mass is 9.97. The van der Waals surface area contributed by atoms with Crippen LogP contribution in [0.25, 0.3) is 16.7 Å². The van der Waals surface area contributed by atoms with E-state index >= 15 is 0 Å². The number of aromatic nitrogens is 4. The number of anilines is 1. The second kappa shape index (κ2) is 8.04. The molecular formula is C27H23FN6. The van der Waals surface area contributed by atoms with E-state index in [2.05, 4.69) is 68.8 Å². The molecule has 2 N–H and O–H groups in total. The molecule has 4 unspecified atom stereocenters. The molecule has 168 valence electrons. The lowest BCUT2D eigenvalue weighted by Crippen LogP contribution is -2.29. The van der Waals surface area contributed by atoms with Crippen LogP contribution in [0.1, 0.15) is 18.1 Å². The summed E-state index contributed by atoms with van der Waals surface area (Å²) in [6.45, 7) is 6.05. The summed E-state index contributed by atoms with van der Waals surface area (Å²) in [6.07, 6.45) is 4.02. The molecule has 6 nitrogen and oxygen atoms in total. The first-order valence-electron chi connectivity index (χ1n) is 11.4. The first-order valence-corrected chi connectivity index (χ1v) is 11.4. The number of benzene rings is 2. The Kier molecular flexibility index (Phi) is 4.85. The number of aliphatic imine (C=N–C) groups is 1. The van der Waals surface area contributed by atoms with E-state index in [1.807, 2.05) is 6.07 Å². The number of fused-ring (bicyclic) bond motifs is 3. The zero-order valence-corrected chi connectivity index (χ0v) is 18.7. The first kappa shape index (κ1) is 20.5. The van der Waals surface area contributed by atoms with Crippen molar-refractivity contribution in [1.29, 1.82) is 0 Å². The maximum absolute atomic E-state index is 14.2. The van der Waals surface area contributed by atoms with Gasteiger partial charge in [0.15, 0.2) is 11.5 Å². The highest BCUT2D eigenvalue weighted by Crippen LogP contribution is 2.59. The van der Waals surface area contributed by atoms with Crippen LogP contribution in [0.5, 0.6) is 0 Å². The van der Waals surface area contributed by atoms with Gasteiger partial charge in [-0.25, -0.2) is 19.3 Å². The molecule has 1 fully saturated rings. The standard InChI is InChI=1S/C27H23FN6/c1-3-18-19-12-17(28)9-10-21(19)34-24(23-20(22(18)23)11-16-7-5-4-6-8-16)15(2)33-27-25-26(30-13-29-25)31-14-32-27/h4-10,12-15,20,22-23H,1,11H2,2H3,(H2,29,30,31,32,33). The molecule has 4 atom stereocenters. The van der Waals surface area contributed by atoms with Gasteiger partial charge in [-0.05, 0) is 43.0 Å². The molecule has 0 bridgehead atoms. The van der Waals surface area contributed by atoms with Gasteiger partial charge in [0.25, 0.3) is 0 Å². The summed E-state index contributed by atoms with van der Waals surface area (Å²) in [5.41, 5.74) is 9.27. The van der Waals surface area contributed by atoms with Crippen molar-refractivity contribution < 1.29 is 4.39 Å². The molecule has 34 heavy (non-hydrogen) atoms. The lowest BCUT2D eigenvalue weighted by molar-refractivity contribution is 0.627. The second-order valence-electron chi connectivity index (χ2n) is 8.88. The van der Waals surface area contributed by atoms with E-state index in [1.54, 1.807) is 18.5 Å². The molecule has 0 spiro atoms. The summed E-state index contributed by atoms with van der Waals surface area (Å²) in [4.78, 5) is 21.0. The molecule has 0 saturated heterocycles. The Morgan fingerprint density at radius 2 is 1.97 bits per heavy atom. The molecule has 2 aromatic carbocycles. The number of hydrogen-bond acceptors (Lipinski definition) is 5. The number of hydrogen-bond donors (Lipinski definition) is 2. The zero-order chi connectivity index (χ0) is 23.2. The van der Waals surface area contributed by atoms with Crippen molar-refractivity contribution in [3.05, 3.63) is 90.4 Å². The van der Waals surface area contributed by atoms with Crippen molar-refractivity contribution in [3.8, 4) is 0 Å². The summed E-state index contributed by atoms with van der Waals surface area (Å²) in [5.74, 6) is 1.11. The van der Waals surface area contributed by atoms with Crippen molar-refractivity contribution in [2.45, 2.75) is 19.4 Å². The van der Waals surface area contributed by atoms with Crippen LogP contribution in [0.4, 0.5) is 15.9 Å². The van der Waals surface area contributed by atoms with Crippen molar-refractivity contribution in [3.63, 3.8) is 0 Å². The van der Waals surface area contributed by atoms with Gasteiger partial charge in [-0.15, -0.1) is 5.73 Å². The Labute approximate surface area is 196 Å². The van der Waals surface area contributed by atoms with E-state index in [9.17, 15) is 4.39 Å². The number of rotatable bonds is 5. The van der Waals surface area contributed by atoms with Gasteiger partial charge in [-0.2, -0.15) is 0 Å². The topological polar surface area (TPSA) is 78.8 Å². The number of halogens is 1. The van der Waals surface area contributed by atoms with Gasteiger partial charge in [0, 0.05) is 28.7 Å². The number of imidazole rings is 1. The van der Waals surface area contributed by atoms with E-state index in [0.29, 0.717) is 17.4 Å². The molecular weight excluding hydrogens is 427 g/mol. The molecule has 2 aliphatic rings. The predicted octanol–water partition coefficient (Wildman–Crippen LogP) is 5.35. The van der Waals surface area contributed by atoms with Crippen LogP contribution < -0.4 is 5.32 Å². The van der Waals surface area contributed by atoms with Gasteiger partial charge in [0.05, 0.1) is 18.1 Å². The van der Waals surface area contributed by atoms with Crippen LogP contribution in [0.2, 0.25) is 0 Å². The van der Waals surface area contributed by atoms with Crippen molar-refractivity contribution in [2.75, 3.05) is 5.32 Å². The van der Waals surface area contributed by atoms with Gasteiger partial charge in [-0.3, -0.25) is 4.99 Å². The largest absolute Gasteiger partial charge is 0.360 e. The Hall–Kier alpha value is -4.09. The van der Waals surface area contributed by atoms with Crippen molar-refractivity contribution in [1.82, 2.24) is 19.9 Å². The van der Waals surface area contributed by atoms with Crippen LogP contribution >= 0.6 is 0 Å². The van der Waals surface area contributed by atoms with E-state index in [1.165, 1.54) is 18.0 Å². The number of H-pyrrole nitrogens is 1. The second-order valence-corrected chi connectivity index (χ2v) is 8.88. The first-order chi connectivity index (χ1) is 16.6. The summed E-state index contributed by atoms with van der Waals surface area (Å²) in [6, 6.07) is 15.1. The van der Waals surface area contributed by atoms with Crippen LogP contribution in [0, 0.1) is 23.6 Å². The van der Waals surface area contributed by atoms with E-state index in [4.69, 9.17) is 4.99 Å². The van der Waals surface area contributed by atoms with Crippen molar-refractivity contribution in [2.24, 2.45) is 22.7 Å². The monoisotopic (exact) mass is 450 g/mol. The van der Waals surface area contributed by atoms with Gasteiger partial charge in [0.2, 0.25) is 0 Å². The Morgan fingerprint density at radius 1 is 1.12 bits per heavy atom. The highest BCUT2D eigenvalue weighted by atomic mass is 19.1. The molecule has 2 aromatic heterocycles. The third-order valence-electron chi connectivity index (χ3n) is 6.87. The number of allylic oxidation sites excluding steroid dienone is 1. The smallest absolute Gasteiger partial charge is 0.182 e. The fourth-order valence-corrected chi connectivity index (χ4v) is 5.28. The molecule has 0 amide bonds. The van der Waals surface area contributed by atoms with Crippen LogP contribution in [0.3, 0.4) is 0 Å². The normalized spacial score (nSPS) is 21.6. The summed E-state index contributed by atoms with van der Waals surface area (Å²) >= 11 is 0. The highest BCUT2D eigenvalue weighted by Gasteiger charge is 2.56. The number of nitrogens with zero attached hydrogens (tertiary/aromatic N) is 4. The molecule has 1 saturated carbocycles. The number of nitrogens with one attached hydrogen (secondary N) is 2. The molecule has 3 heterocycles. The van der Waals surface area contributed by atoms with E-state index in [-0.39, 0.29) is 23.7 Å². The third kappa shape index (κ3) is 3.42. The molecule has 4 aromatic rings. The number of aromatic amines is 1. The molecule has 0 radical (unpaired) electrons. The molecule has 1 aliphatic carbocycles. The fraction of sp³-hybridized carbons (Fsp3) is 0.222. The maximum Gasteiger partial charge on any atom is 0.182 e. The highest BCUT2D eigenvalue weighted by molar-refractivity contribution is 6.03. The van der Waals surface area contributed by atoms with Gasteiger partial charge >= 0.3 is 0 Å². The molecule has 1 aliphatic heterocycles. The van der Waals surface area contributed by atoms with Gasteiger partial charge in [0.1, 0.15) is 17.7 Å². The maximum atomic E-state index is 14.2. The SMILES string of the molecule is C=C=C1c2cc(F)ccc2N=C(C(C)Nc2ncnc3nc[nH]c23)C2C(Cc3ccccc3)C12. The van der Waals surface area contributed by atoms with E-state index in [0.717, 1.165) is 34.5 Å². The van der Waals surface area contributed by atoms with Crippen LogP contribution in [-0.4, -0.2) is 31.7 Å². The van der Waals surface area contributed by atoms with E-state index < -0.39 is 0 Å². The minimum absolute atomic E-state index is 0.114. The Balaban J connectivity index is 1.41. The molecule has 6 rings (SSSR count). The average molecular weight is 451 g/mol. The quantitative estimate of drug-likeness (QED) is 0.402. The fourth-order valence-electron chi connectivity index (χ4n) is 5.28. The predicted molar refractivity (Wildman–Crippen MR) is 131 cm³/mol. The Bertz CT molecular complexity index is 1470. The summed E-state index contributed by atoms with van der Waals surface area (Å²) < 4.78 is 14.2. The lowest BCUT2D eigenvalue weighted by Gasteiger charge is -2.18. The zero-order valence-electron chi connectivity index (χ0n) is 18.7.